The van der Waals surface area contributed by atoms with Crippen LogP contribution in [-0.2, 0) is 22.7 Å². The summed E-state index contributed by atoms with van der Waals surface area (Å²) < 4.78 is 21.2. The van der Waals surface area contributed by atoms with Gasteiger partial charge in [0.25, 0.3) is 0 Å². The van der Waals surface area contributed by atoms with Crippen LogP contribution >= 0.6 is 0 Å². The largest absolute Gasteiger partial charge is 0.457 e. The van der Waals surface area contributed by atoms with Crippen molar-refractivity contribution in [1.82, 2.24) is 0 Å². The van der Waals surface area contributed by atoms with Crippen molar-refractivity contribution >= 4 is 11.9 Å². The van der Waals surface area contributed by atoms with Gasteiger partial charge in [-0.3, -0.25) is 0 Å². The molecule has 2 aliphatic rings. The number of esters is 2. The number of benzene rings is 4. The number of fused-ring (bicyclic) bond motifs is 2. The summed E-state index contributed by atoms with van der Waals surface area (Å²) in [4.78, 5) is 22.7. The summed E-state index contributed by atoms with van der Waals surface area (Å²) in [7, 11) is 0. The Balaban J connectivity index is 0.000000142. The Labute approximate surface area is 196 Å². The Morgan fingerprint density at radius 1 is 0.500 bits per heavy atom. The van der Waals surface area contributed by atoms with Gasteiger partial charge in [0.2, 0.25) is 0 Å². The molecule has 0 aromatic heterocycles. The molecule has 0 N–H and O–H groups in total. The zero-order valence-electron chi connectivity index (χ0n) is 18.1. The minimum Gasteiger partial charge on any atom is -0.457 e. The summed E-state index contributed by atoms with van der Waals surface area (Å²) in [5.74, 6) is 2.35. The van der Waals surface area contributed by atoms with E-state index in [0.29, 0.717) is 35.8 Å². The Morgan fingerprint density at radius 3 is 1.68 bits per heavy atom. The molecule has 0 saturated carbocycles. The number of hydrogen-bond donors (Lipinski definition) is 0. The highest BCUT2D eigenvalue weighted by Crippen LogP contribution is 2.29. The Bertz CT molecular complexity index is 1330. The zero-order valence-corrected chi connectivity index (χ0v) is 18.1. The molecule has 6 rings (SSSR count). The van der Waals surface area contributed by atoms with Crippen molar-refractivity contribution in [3.63, 3.8) is 0 Å². The van der Waals surface area contributed by atoms with Crippen LogP contribution in [0.1, 0.15) is 31.8 Å². The molecule has 0 bridgehead atoms. The predicted octanol–water partition coefficient (Wildman–Crippen LogP) is 6.30. The van der Waals surface area contributed by atoms with Gasteiger partial charge in [0.1, 0.15) is 36.2 Å². The Kier molecular flexibility index (Phi) is 5.95. The molecule has 0 fully saturated rings. The SMILES string of the molecule is O=C1OCc2cc(Oc3ccccc3)ccc21.O=C1OCc2ccc(Oc3ccccc3)cc21. The summed E-state index contributed by atoms with van der Waals surface area (Å²) in [6.45, 7) is 0.694. The van der Waals surface area contributed by atoms with Crippen molar-refractivity contribution < 1.29 is 28.5 Å². The molecule has 168 valence electrons. The fourth-order valence-corrected chi connectivity index (χ4v) is 3.58. The van der Waals surface area contributed by atoms with E-state index in [4.69, 9.17) is 18.9 Å². The van der Waals surface area contributed by atoms with E-state index >= 15 is 0 Å². The van der Waals surface area contributed by atoms with Crippen LogP contribution in [0.4, 0.5) is 0 Å². The highest BCUT2D eigenvalue weighted by molar-refractivity contribution is 5.94. The zero-order chi connectivity index (χ0) is 23.3. The lowest BCUT2D eigenvalue weighted by atomic mass is 10.1. The lowest BCUT2D eigenvalue weighted by molar-refractivity contribution is 0.0526. The fraction of sp³-hybridized carbons (Fsp3) is 0.0714. The van der Waals surface area contributed by atoms with E-state index in [-0.39, 0.29) is 11.9 Å². The van der Waals surface area contributed by atoms with Crippen LogP contribution in [0.15, 0.2) is 97.1 Å². The number of rotatable bonds is 4. The summed E-state index contributed by atoms with van der Waals surface area (Å²) in [5.41, 5.74) is 3.02. The lowest BCUT2D eigenvalue weighted by Gasteiger charge is -2.05. The van der Waals surface area contributed by atoms with Crippen LogP contribution in [0.2, 0.25) is 0 Å². The third-order valence-corrected chi connectivity index (χ3v) is 5.27. The van der Waals surface area contributed by atoms with Crippen LogP contribution in [-0.4, -0.2) is 11.9 Å². The molecular weight excluding hydrogens is 432 g/mol. The molecule has 0 atom stereocenters. The molecule has 0 radical (unpaired) electrons. The molecule has 34 heavy (non-hydrogen) atoms. The van der Waals surface area contributed by atoms with Crippen molar-refractivity contribution in [2.24, 2.45) is 0 Å². The first-order valence-electron chi connectivity index (χ1n) is 10.7. The molecule has 0 saturated heterocycles. The van der Waals surface area contributed by atoms with Gasteiger partial charge in [-0.1, -0.05) is 42.5 Å². The molecule has 0 aliphatic carbocycles. The van der Waals surface area contributed by atoms with Crippen LogP contribution in [0.25, 0.3) is 0 Å². The van der Waals surface area contributed by atoms with Gasteiger partial charge in [-0.15, -0.1) is 0 Å². The summed E-state index contributed by atoms with van der Waals surface area (Å²) >= 11 is 0. The molecule has 0 spiro atoms. The van der Waals surface area contributed by atoms with E-state index in [2.05, 4.69) is 0 Å². The average Bonchev–Trinajstić information content (AvgIpc) is 3.43. The van der Waals surface area contributed by atoms with Crippen molar-refractivity contribution in [3.8, 4) is 23.0 Å². The number of hydrogen-bond acceptors (Lipinski definition) is 6. The van der Waals surface area contributed by atoms with E-state index in [1.54, 1.807) is 18.2 Å². The molecule has 2 aliphatic heterocycles. The van der Waals surface area contributed by atoms with E-state index in [1.807, 2.05) is 78.9 Å². The third kappa shape index (κ3) is 4.76. The molecular formula is C28H20O6. The summed E-state index contributed by atoms with van der Waals surface area (Å²) in [6, 6.07) is 29.8. The minimum atomic E-state index is -0.279. The highest BCUT2D eigenvalue weighted by atomic mass is 16.5. The van der Waals surface area contributed by atoms with Gasteiger partial charge in [-0.2, -0.15) is 0 Å². The Morgan fingerprint density at radius 2 is 1.03 bits per heavy atom. The van der Waals surface area contributed by atoms with Gasteiger partial charge < -0.3 is 18.9 Å². The average molecular weight is 452 g/mol. The second kappa shape index (κ2) is 9.50. The first kappa shape index (κ1) is 21.3. The molecule has 6 nitrogen and oxygen atoms in total. The van der Waals surface area contributed by atoms with Gasteiger partial charge in [0.05, 0.1) is 11.1 Å². The molecule has 4 aromatic rings. The lowest BCUT2D eigenvalue weighted by Crippen LogP contribution is -1.94. The first-order valence-corrected chi connectivity index (χ1v) is 10.7. The van der Waals surface area contributed by atoms with Gasteiger partial charge in [0.15, 0.2) is 0 Å². The predicted molar refractivity (Wildman–Crippen MR) is 124 cm³/mol. The molecule has 0 amide bonds. The van der Waals surface area contributed by atoms with Gasteiger partial charge in [-0.25, -0.2) is 9.59 Å². The standard InChI is InChI=1S/2C14H10O3/c15-14-13-7-6-12(8-10(13)9-16-14)17-11-4-2-1-3-5-11;15-14-13-8-12(7-6-10(13)9-16-14)17-11-4-2-1-3-5-11/h2*1-8H,9H2. The van der Waals surface area contributed by atoms with Crippen molar-refractivity contribution in [2.45, 2.75) is 13.2 Å². The van der Waals surface area contributed by atoms with Gasteiger partial charge in [0, 0.05) is 11.1 Å². The van der Waals surface area contributed by atoms with Crippen LogP contribution in [0.5, 0.6) is 23.0 Å². The number of carbonyl (C=O) groups is 2. The Hall–Kier alpha value is -4.58. The number of para-hydroxylation sites is 2. The normalized spacial score (nSPS) is 13.1. The maximum Gasteiger partial charge on any atom is 0.339 e. The topological polar surface area (TPSA) is 71.1 Å². The monoisotopic (exact) mass is 452 g/mol. The minimum absolute atomic E-state index is 0.258. The van der Waals surface area contributed by atoms with E-state index in [1.165, 1.54) is 0 Å². The summed E-state index contributed by atoms with van der Waals surface area (Å²) in [5, 5.41) is 0. The van der Waals surface area contributed by atoms with E-state index < -0.39 is 0 Å². The smallest absolute Gasteiger partial charge is 0.339 e. The summed E-state index contributed by atoms with van der Waals surface area (Å²) in [6.07, 6.45) is 0. The maximum absolute atomic E-state index is 11.4. The number of cyclic esters (lactones) is 2. The van der Waals surface area contributed by atoms with Crippen molar-refractivity contribution in [2.75, 3.05) is 0 Å². The second-order valence-corrected chi connectivity index (χ2v) is 7.62. The molecule has 0 unspecified atom stereocenters. The fourth-order valence-electron chi connectivity index (χ4n) is 3.58. The number of carbonyl (C=O) groups excluding carboxylic acids is 2. The maximum atomic E-state index is 11.4. The van der Waals surface area contributed by atoms with E-state index in [0.717, 1.165) is 22.6 Å². The van der Waals surface area contributed by atoms with Crippen LogP contribution < -0.4 is 9.47 Å². The second-order valence-electron chi connectivity index (χ2n) is 7.62. The molecule has 4 aromatic carbocycles. The van der Waals surface area contributed by atoms with Crippen LogP contribution in [0.3, 0.4) is 0 Å². The highest BCUT2D eigenvalue weighted by Gasteiger charge is 2.22. The third-order valence-electron chi connectivity index (χ3n) is 5.27. The van der Waals surface area contributed by atoms with Crippen molar-refractivity contribution in [1.29, 1.82) is 0 Å². The van der Waals surface area contributed by atoms with E-state index in [9.17, 15) is 9.59 Å². The molecule has 2 heterocycles. The van der Waals surface area contributed by atoms with Crippen LogP contribution in [0, 0.1) is 0 Å². The van der Waals surface area contributed by atoms with Crippen molar-refractivity contribution in [3.05, 3.63) is 119 Å². The first-order chi connectivity index (χ1) is 16.7. The molecule has 6 heteroatoms. The number of ether oxygens (including phenoxy) is 4. The quantitative estimate of drug-likeness (QED) is 0.339. The van der Waals surface area contributed by atoms with Gasteiger partial charge >= 0.3 is 11.9 Å². The van der Waals surface area contributed by atoms with Gasteiger partial charge in [-0.05, 0) is 54.6 Å².